The Hall–Kier alpha value is -2.08. The highest BCUT2D eigenvalue weighted by Crippen LogP contribution is 2.20. The average molecular weight is 364 g/mol. The van der Waals surface area contributed by atoms with Crippen LogP contribution in [0.15, 0.2) is 24.3 Å². The predicted octanol–water partition coefficient (Wildman–Crippen LogP) is 2.68. The van der Waals surface area contributed by atoms with Crippen molar-refractivity contribution in [2.75, 3.05) is 46.9 Å². The molecule has 1 rings (SSSR count). The average Bonchev–Trinajstić information content (AvgIpc) is 2.68. The lowest BCUT2D eigenvalue weighted by Crippen LogP contribution is -2.39. The molecule has 146 valence electrons. The van der Waals surface area contributed by atoms with Crippen molar-refractivity contribution in [3.8, 4) is 5.75 Å². The summed E-state index contributed by atoms with van der Waals surface area (Å²) in [5.41, 5.74) is 0.509. The highest BCUT2D eigenvalue weighted by Gasteiger charge is 2.24. The van der Waals surface area contributed by atoms with Gasteiger partial charge in [-0.15, -0.1) is 0 Å². The number of rotatable bonds is 11. The smallest absolute Gasteiger partial charge is 0.310 e. The van der Waals surface area contributed by atoms with Gasteiger partial charge in [0.25, 0.3) is 5.91 Å². The van der Waals surface area contributed by atoms with Crippen molar-refractivity contribution in [2.24, 2.45) is 5.92 Å². The third-order valence-electron chi connectivity index (χ3n) is 4.52. The van der Waals surface area contributed by atoms with E-state index in [0.29, 0.717) is 24.4 Å². The second-order valence-electron chi connectivity index (χ2n) is 6.26. The maximum atomic E-state index is 13.1. The molecule has 0 saturated carbocycles. The molecule has 1 amide bonds. The molecule has 0 aliphatic heterocycles. The molecule has 0 heterocycles. The van der Waals surface area contributed by atoms with E-state index >= 15 is 0 Å². The fourth-order valence-electron chi connectivity index (χ4n) is 2.90. The van der Waals surface area contributed by atoms with Crippen LogP contribution in [0.3, 0.4) is 0 Å². The highest BCUT2D eigenvalue weighted by atomic mass is 16.5. The molecular formula is C20H32N2O4. The van der Waals surface area contributed by atoms with Crippen LogP contribution in [0.1, 0.15) is 37.6 Å². The monoisotopic (exact) mass is 364 g/mol. The first-order valence-corrected chi connectivity index (χ1v) is 9.20. The van der Waals surface area contributed by atoms with Crippen LogP contribution >= 0.6 is 0 Å². The van der Waals surface area contributed by atoms with Crippen molar-refractivity contribution in [3.05, 3.63) is 29.8 Å². The van der Waals surface area contributed by atoms with E-state index in [-0.39, 0.29) is 17.8 Å². The number of ether oxygens (including phenoxy) is 2. The number of hydrogen-bond acceptors (Lipinski definition) is 5. The van der Waals surface area contributed by atoms with E-state index in [1.165, 1.54) is 7.11 Å². The van der Waals surface area contributed by atoms with Gasteiger partial charge in [-0.1, -0.05) is 32.9 Å². The fraction of sp³-hybridized carbons (Fsp3) is 0.600. The molecule has 1 unspecified atom stereocenters. The lowest BCUT2D eigenvalue weighted by molar-refractivity contribution is -0.145. The molecule has 0 saturated heterocycles. The molecule has 0 aromatic heterocycles. The molecular weight excluding hydrogens is 332 g/mol. The summed E-state index contributed by atoms with van der Waals surface area (Å²) >= 11 is 0. The SMILES string of the molecule is CCN(CC)CCCN(CC(C)C(=O)OC)C(=O)c1ccccc1OC. The zero-order valence-corrected chi connectivity index (χ0v) is 16.7. The Bertz CT molecular complexity index is 573. The molecule has 6 nitrogen and oxygen atoms in total. The van der Waals surface area contributed by atoms with Crippen LogP contribution in [-0.2, 0) is 9.53 Å². The molecule has 0 aliphatic carbocycles. The van der Waals surface area contributed by atoms with Gasteiger partial charge in [0.2, 0.25) is 0 Å². The van der Waals surface area contributed by atoms with E-state index in [1.54, 1.807) is 31.1 Å². The third kappa shape index (κ3) is 6.33. The van der Waals surface area contributed by atoms with E-state index < -0.39 is 0 Å². The zero-order valence-electron chi connectivity index (χ0n) is 16.7. The van der Waals surface area contributed by atoms with Gasteiger partial charge < -0.3 is 19.3 Å². The van der Waals surface area contributed by atoms with Gasteiger partial charge in [0.15, 0.2) is 0 Å². The van der Waals surface area contributed by atoms with Gasteiger partial charge in [-0.3, -0.25) is 9.59 Å². The number of benzene rings is 1. The topological polar surface area (TPSA) is 59.1 Å². The maximum absolute atomic E-state index is 13.1. The number of carbonyl (C=O) groups is 2. The summed E-state index contributed by atoms with van der Waals surface area (Å²) in [6, 6.07) is 7.16. The van der Waals surface area contributed by atoms with Gasteiger partial charge in [0.05, 0.1) is 25.7 Å². The quantitative estimate of drug-likeness (QED) is 0.565. The van der Waals surface area contributed by atoms with Crippen molar-refractivity contribution < 1.29 is 19.1 Å². The van der Waals surface area contributed by atoms with Crippen molar-refractivity contribution in [1.29, 1.82) is 0 Å². The van der Waals surface area contributed by atoms with Crippen molar-refractivity contribution in [2.45, 2.75) is 27.2 Å². The number of esters is 1. The number of para-hydroxylation sites is 1. The molecule has 0 radical (unpaired) electrons. The summed E-state index contributed by atoms with van der Waals surface area (Å²) in [7, 11) is 2.92. The molecule has 0 spiro atoms. The van der Waals surface area contributed by atoms with Gasteiger partial charge in [0.1, 0.15) is 5.75 Å². The Balaban J connectivity index is 2.91. The molecule has 0 aliphatic rings. The molecule has 6 heteroatoms. The van der Waals surface area contributed by atoms with Crippen LogP contribution < -0.4 is 4.74 Å². The number of hydrogen-bond donors (Lipinski definition) is 0. The van der Waals surface area contributed by atoms with E-state index in [9.17, 15) is 9.59 Å². The zero-order chi connectivity index (χ0) is 19.5. The minimum atomic E-state index is -0.382. The minimum absolute atomic E-state index is 0.127. The van der Waals surface area contributed by atoms with E-state index in [2.05, 4.69) is 18.7 Å². The second-order valence-corrected chi connectivity index (χ2v) is 6.26. The number of nitrogens with zero attached hydrogens (tertiary/aromatic N) is 2. The molecule has 1 atom stereocenters. The van der Waals surface area contributed by atoms with Crippen LogP contribution in [0.5, 0.6) is 5.75 Å². The molecule has 0 bridgehead atoms. The first-order chi connectivity index (χ1) is 12.5. The Kier molecular flexibility index (Phi) is 9.73. The van der Waals surface area contributed by atoms with Crippen molar-refractivity contribution >= 4 is 11.9 Å². The second kappa shape index (κ2) is 11.5. The summed E-state index contributed by atoms with van der Waals surface area (Å²) in [6.07, 6.45) is 0.844. The van der Waals surface area contributed by atoms with Crippen LogP contribution in [0.2, 0.25) is 0 Å². The van der Waals surface area contributed by atoms with Gasteiger partial charge in [-0.25, -0.2) is 0 Å². The minimum Gasteiger partial charge on any atom is -0.496 e. The molecule has 1 aromatic rings. The van der Waals surface area contributed by atoms with Gasteiger partial charge in [-0.05, 0) is 38.2 Å². The highest BCUT2D eigenvalue weighted by molar-refractivity contribution is 5.97. The van der Waals surface area contributed by atoms with Gasteiger partial charge in [-0.2, -0.15) is 0 Å². The van der Waals surface area contributed by atoms with Crippen molar-refractivity contribution in [1.82, 2.24) is 9.80 Å². The molecule has 26 heavy (non-hydrogen) atoms. The summed E-state index contributed by atoms with van der Waals surface area (Å²) in [5.74, 6) is -0.284. The normalized spacial score (nSPS) is 11.9. The Labute approximate surface area is 157 Å². The van der Waals surface area contributed by atoms with Crippen LogP contribution in [0.25, 0.3) is 0 Å². The van der Waals surface area contributed by atoms with Gasteiger partial charge in [0, 0.05) is 13.1 Å². The standard InChI is InChI=1S/C20H32N2O4/c1-6-21(7-2)13-10-14-22(15-16(3)20(24)26-5)19(23)17-11-8-9-12-18(17)25-4/h8-9,11-12,16H,6-7,10,13-15H2,1-5H3. The lowest BCUT2D eigenvalue weighted by atomic mass is 10.1. The Morgan fingerprint density at radius 2 is 1.73 bits per heavy atom. The summed E-state index contributed by atoms with van der Waals surface area (Å²) < 4.78 is 10.1. The summed E-state index contributed by atoms with van der Waals surface area (Å²) in [5, 5.41) is 0. The molecule has 0 fully saturated rings. The predicted molar refractivity (Wildman–Crippen MR) is 102 cm³/mol. The summed E-state index contributed by atoms with van der Waals surface area (Å²) in [6.45, 7) is 9.80. The Morgan fingerprint density at radius 3 is 2.31 bits per heavy atom. The van der Waals surface area contributed by atoms with E-state index in [1.807, 2.05) is 12.1 Å². The molecule has 0 N–H and O–H groups in total. The largest absolute Gasteiger partial charge is 0.496 e. The lowest BCUT2D eigenvalue weighted by Gasteiger charge is -2.27. The first-order valence-electron chi connectivity index (χ1n) is 9.20. The summed E-state index contributed by atoms with van der Waals surface area (Å²) in [4.78, 5) is 28.9. The maximum Gasteiger partial charge on any atom is 0.310 e. The fourth-order valence-corrected chi connectivity index (χ4v) is 2.90. The number of methoxy groups -OCH3 is 2. The number of amides is 1. The van der Waals surface area contributed by atoms with E-state index in [0.717, 1.165) is 26.1 Å². The van der Waals surface area contributed by atoms with Crippen LogP contribution in [-0.4, -0.2) is 68.6 Å². The number of carbonyl (C=O) groups excluding carboxylic acids is 2. The van der Waals surface area contributed by atoms with Gasteiger partial charge >= 0.3 is 5.97 Å². The van der Waals surface area contributed by atoms with Crippen molar-refractivity contribution in [3.63, 3.8) is 0 Å². The van der Waals surface area contributed by atoms with Crippen LogP contribution in [0, 0.1) is 5.92 Å². The van der Waals surface area contributed by atoms with E-state index in [4.69, 9.17) is 9.47 Å². The van der Waals surface area contributed by atoms with Crippen LogP contribution in [0.4, 0.5) is 0 Å². The first kappa shape index (κ1) is 22.0. The Morgan fingerprint density at radius 1 is 1.08 bits per heavy atom. The third-order valence-corrected chi connectivity index (χ3v) is 4.52. The molecule has 1 aromatic carbocycles.